The lowest BCUT2D eigenvalue weighted by atomic mass is 9.84. The van der Waals surface area contributed by atoms with E-state index < -0.39 is 0 Å². The standard InChI is InChI=1S/C18H23N/c1-18(2,3)11-16(19)14-10-9-13-8-7-12-5-4-6-15(14)17(12)13/h4-6,9-10,16H,7-8,11,19H2,1-3H3. The van der Waals surface area contributed by atoms with Crippen LogP contribution in [0.25, 0.3) is 10.8 Å². The molecule has 1 aliphatic rings. The largest absolute Gasteiger partial charge is 0.324 e. The molecule has 0 aliphatic heterocycles. The molecule has 100 valence electrons. The summed E-state index contributed by atoms with van der Waals surface area (Å²) >= 11 is 0. The number of nitrogens with two attached hydrogens (primary N) is 1. The van der Waals surface area contributed by atoms with Crippen molar-refractivity contribution < 1.29 is 0 Å². The topological polar surface area (TPSA) is 26.0 Å². The molecule has 0 saturated carbocycles. The third-order valence-electron chi connectivity index (χ3n) is 4.14. The molecule has 0 spiro atoms. The minimum absolute atomic E-state index is 0.130. The van der Waals surface area contributed by atoms with Gasteiger partial charge in [-0.1, -0.05) is 51.1 Å². The molecule has 1 nitrogen and oxygen atoms in total. The monoisotopic (exact) mass is 253 g/mol. The van der Waals surface area contributed by atoms with E-state index in [2.05, 4.69) is 51.1 Å². The maximum Gasteiger partial charge on any atom is 0.0306 e. The van der Waals surface area contributed by atoms with Crippen LogP contribution in [0.5, 0.6) is 0 Å². The van der Waals surface area contributed by atoms with Crippen molar-refractivity contribution in [3.05, 3.63) is 47.0 Å². The summed E-state index contributed by atoms with van der Waals surface area (Å²) in [6, 6.07) is 11.4. The van der Waals surface area contributed by atoms with Gasteiger partial charge in [-0.25, -0.2) is 0 Å². The molecule has 19 heavy (non-hydrogen) atoms. The van der Waals surface area contributed by atoms with Gasteiger partial charge in [0.05, 0.1) is 0 Å². The summed E-state index contributed by atoms with van der Waals surface area (Å²) in [6.45, 7) is 6.77. The molecule has 2 N–H and O–H groups in total. The third kappa shape index (κ3) is 2.28. The molecule has 0 radical (unpaired) electrons. The van der Waals surface area contributed by atoms with E-state index in [1.54, 1.807) is 0 Å². The molecule has 3 rings (SSSR count). The Morgan fingerprint density at radius 3 is 2.42 bits per heavy atom. The van der Waals surface area contributed by atoms with E-state index in [4.69, 9.17) is 5.73 Å². The molecule has 0 heterocycles. The van der Waals surface area contributed by atoms with E-state index in [0.717, 1.165) is 6.42 Å². The molecule has 2 aromatic rings. The Morgan fingerprint density at radius 1 is 1.05 bits per heavy atom. The summed E-state index contributed by atoms with van der Waals surface area (Å²) in [7, 11) is 0. The Hall–Kier alpha value is -1.34. The first-order chi connectivity index (χ1) is 8.96. The van der Waals surface area contributed by atoms with Crippen LogP contribution < -0.4 is 5.73 Å². The minimum Gasteiger partial charge on any atom is -0.324 e. The summed E-state index contributed by atoms with van der Waals surface area (Å²) in [5, 5.41) is 2.86. The fourth-order valence-corrected chi connectivity index (χ4v) is 3.36. The first-order valence-corrected chi connectivity index (χ1v) is 7.25. The van der Waals surface area contributed by atoms with Crippen molar-refractivity contribution in [3.63, 3.8) is 0 Å². The van der Waals surface area contributed by atoms with Gasteiger partial charge < -0.3 is 5.73 Å². The van der Waals surface area contributed by atoms with Crippen LogP contribution in [0.3, 0.4) is 0 Å². The van der Waals surface area contributed by atoms with Gasteiger partial charge in [-0.3, -0.25) is 0 Å². The molecule has 1 heteroatoms. The van der Waals surface area contributed by atoms with Crippen molar-refractivity contribution in [2.75, 3.05) is 0 Å². The smallest absolute Gasteiger partial charge is 0.0306 e. The van der Waals surface area contributed by atoms with Gasteiger partial charge in [0.2, 0.25) is 0 Å². The van der Waals surface area contributed by atoms with Crippen molar-refractivity contribution in [2.24, 2.45) is 11.1 Å². The highest BCUT2D eigenvalue weighted by Crippen LogP contribution is 2.37. The lowest BCUT2D eigenvalue weighted by Gasteiger charge is -2.24. The number of hydrogen-bond donors (Lipinski definition) is 1. The zero-order valence-electron chi connectivity index (χ0n) is 12.2. The minimum atomic E-state index is 0.130. The van der Waals surface area contributed by atoms with Crippen LogP contribution in [0.4, 0.5) is 0 Å². The van der Waals surface area contributed by atoms with Gasteiger partial charge in [0.15, 0.2) is 0 Å². The van der Waals surface area contributed by atoms with Crippen molar-refractivity contribution >= 4 is 10.8 Å². The summed E-state index contributed by atoms with van der Waals surface area (Å²) in [4.78, 5) is 0. The third-order valence-corrected chi connectivity index (χ3v) is 4.14. The first kappa shape index (κ1) is 12.7. The summed E-state index contributed by atoms with van der Waals surface area (Å²) < 4.78 is 0. The Kier molecular flexibility index (Phi) is 2.90. The number of aryl methyl sites for hydroxylation is 2. The average Bonchev–Trinajstić information content (AvgIpc) is 2.73. The Labute approximate surface area is 115 Å². The van der Waals surface area contributed by atoms with Crippen molar-refractivity contribution in [2.45, 2.75) is 46.1 Å². The van der Waals surface area contributed by atoms with Gasteiger partial charge in [-0.2, -0.15) is 0 Å². The van der Waals surface area contributed by atoms with Crippen molar-refractivity contribution in [3.8, 4) is 0 Å². The van der Waals surface area contributed by atoms with Gasteiger partial charge in [0.1, 0.15) is 0 Å². The zero-order chi connectivity index (χ0) is 13.6. The van der Waals surface area contributed by atoms with Crippen LogP contribution in [-0.2, 0) is 12.8 Å². The summed E-state index contributed by atoms with van der Waals surface area (Å²) in [5.74, 6) is 0. The predicted octanol–water partition coefficient (Wildman–Crippen LogP) is 4.37. The van der Waals surface area contributed by atoms with Gasteiger partial charge in [-0.05, 0) is 52.1 Å². The SMILES string of the molecule is CC(C)(C)CC(N)c1ccc2c3c(cccc13)CC2. The lowest BCUT2D eigenvalue weighted by Crippen LogP contribution is -2.19. The maximum absolute atomic E-state index is 6.47. The Balaban J connectivity index is 2.11. The highest BCUT2D eigenvalue weighted by Gasteiger charge is 2.21. The predicted molar refractivity (Wildman–Crippen MR) is 82.4 cm³/mol. The maximum atomic E-state index is 6.47. The zero-order valence-corrected chi connectivity index (χ0v) is 12.2. The molecule has 1 atom stereocenters. The fourth-order valence-electron chi connectivity index (χ4n) is 3.36. The highest BCUT2D eigenvalue weighted by atomic mass is 14.6. The Bertz CT molecular complexity index is 609. The average molecular weight is 253 g/mol. The van der Waals surface area contributed by atoms with Crippen LogP contribution in [0.2, 0.25) is 0 Å². The van der Waals surface area contributed by atoms with Crippen LogP contribution in [0, 0.1) is 5.41 Å². The van der Waals surface area contributed by atoms with E-state index in [0.29, 0.717) is 0 Å². The van der Waals surface area contributed by atoms with Gasteiger partial charge in [-0.15, -0.1) is 0 Å². The Morgan fingerprint density at radius 2 is 1.74 bits per heavy atom. The van der Waals surface area contributed by atoms with Crippen LogP contribution in [0.15, 0.2) is 30.3 Å². The molecular weight excluding hydrogens is 230 g/mol. The number of benzene rings is 2. The molecule has 2 aromatic carbocycles. The molecule has 0 amide bonds. The molecule has 0 saturated heterocycles. The highest BCUT2D eigenvalue weighted by molar-refractivity contribution is 5.93. The summed E-state index contributed by atoms with van der Waals surface area (Å²) in [6.07, 6.45) is 3.39. The van der Waals surface area contributed by atoms with E-state index in [9.17, 15) is 0 Å². The van der Waals surface area contributed by atoms with E-state index in [1.165, 1.54) is 40.3 Å². The lowest BCUT2D eigenvalue weighted by molar-refractivity contribution is 0.343. The van der Waals surface area contributed by atoms with E-state index >= 15 is 0 Å². The second-order valence-corrected chi connectivity index (χ2v) is 7.02. The molecule has 0 aromatic heterocycles. The van der Waals surface area contributed by atoms with Gasteiger partial charge in [0, 0.05) is 6.04 Å². The number of hydrogen-bond acceptors (Lipinski definition) is 1. The second kappa shape index (κ2) is 4.35. The molecule has 0 fully saturated rings. The molecule has 1 aliphatic carbocycles. The normalized spacial score (nSPS) is 16.0. The van der Waals surface area contributed by atoms with Crippen LogP contribution in [0.1, 0.15) is 49.9 Å². The fraction of sp³-hybridized carbons (Fsp3) is 0.444. The molecule has 0 bridgehead atoms. The molecule has 1 unspecified atom stereocenters. The first-order valence-electron chi connectivity index (χ1n) is 7.25. The second-order valence-electron chi connectivity index (χ2n) is 7.02. The van der Waals surface area contributed by atoms with Crippen LogP contribution >= 0.6 is 0 Å². The van der Waals surface area contributed by atoms with E-state index in [-0.39, 0.29) is 11.5 Å². The van der Waals surface area contributed by atoms with Gasteiger partial charge in [0.25, 0.3) is 0 Å². The van der Waals surface area contributed by atoms with Gasteiger partial charge >= 0.3 is 0 Å². The van der Waals surface area contributed by atoms with Crippen molar-refractivity contribution in [1.82, 2.24) is 0 Å². The van der Waals surface area contributed by atoms with Crippen molar-refractivity contribution in [1.29, 1.82) is 0 Å². The quantitative estimate of drug-likeness (QED) is 0.844. The van der Waals surface area contributed by atoms with E-state index in [1.807, 2.05) is 0 Å². The summed E-state index contributed by atoms with van der Waals surface area (Å²) in [5.41, 5.74) is 11.0. The van der Waals surface area contributed by atoms with Crippen LogP contribution in [-0.4, -0.2) is 0 Å². The number of rotatable bonds is 2. The molecular formula is C18H23N.